The monoisotopic (exact) mass is 290 g/mol. The molecule has 1 aromatic carbocycles. The Morgan fingerprint density at radius 2 is 2.38 bits per heavy atom. The minimum absolute atomic E-state index is 0.0101. The molecule has 0 bridgehead atoms. The average Bonchev–Trinajstić information content (AvgIpc) is 2.99. The number of ether oxygens (including phenoxy) is 1. The van der Waals surface area contributed by atoms with Crippen molar-refractivity contribution in [3.8, 4) is 0 Å². The van der Waals surface area contributed by atoms with Crippen molar-refractivity contribution < 1.29 is 14.5 Å². The summed E-state index contributed by atoms with van der Waals surface area (Å²) in [5.41, 5.74) is 0.634. The number of hydrogen-bond donors (Lipinski definition) is 1. The van der Waals surface area contributed by atoms with Crippen molar-refractivity contribution in [2.45, 2.75) is 25.4 Å². The van der Waals surface area contributed by atoms with Crippen LogP contribution in [0.1, 0.15) is 24.8 Å². The summed E-state index contributed by atoms with van der Waals surface area (Å²) in [6.45, 7) is 1.38. The number of rotatable bonds is 6. The molecule has 2 rings (SSSR count). The second-order valence-corrected chi connectivity index (χ2v) is 4.90. The van der Waals surface area contributed by atoms with Crippen LogP contribution < -0.4 is 5.32 Å². The van der Waals surface area contributed by atoms with Gasteiger partial charge in [-0.3, -0.25) is 14.9 Å². The van der Waals surface area contributed by atoms with E-state index >= 15 is 0 Å². The van der Waals surface area contributed by atoms with Crippen molar-refractivity contribution in [3.05, 3.63) is 46.0 Å². The van der Waals surface area contributed by atoms with E-state index in [0.717, 1.165) is 25.9 Å². The number of nitrogens with one attached hydrogen (secondary N) is 1. The fraction of sp³-hybridized carbons (Fsp3) is 0.400. The van der Waals surface area contributed by atoms with E-state index in [4.69, 9.17) is 4.74 Å². The van der Waals surface area contributed by atoms with Gasteiger partial charge in [0.2, 0.25) is 5.91 Å². The molecule has 1 aliphatic rings. The van der Waals surface area contributed by atoms with Gasteiger partial charge >= 0.3 is 0 Å². The van der Waals surface area contributed by atoms with Gasteiger partial charge in [-0.1, -0.05) is 12.1 Å². The molecular formula is C15H18N2O4. The molecule has 1 fully saturated rings. The number of carbonyl (C=O) groups excluding carboxylic acids is 1. The van der Waals surface area contributed by atoms with Crippen LogP contribution in [0.5, 0.6) is 0 Å². The molecule has 0 radical (unpaired) electrons. The Bertz CT molecular complexity index is 536. The first-order valence-corrected chi connectivity index (χ1v) is 6.97. The Kier molecular flexibility index (Phi) is 5.45. The number of hydrogen-bond acceptors (Lipinski definition) is 4. The predicted octanol–water partition coefficient (Wildman–Crippen LogP) is 2.29. The third-order valence-corrected chi connectivity index (χ3v) is 3.30. The van der Waals surface area contributed by atoms with Crippen LogP contribution >= 0.6 is 0 Å². The van der Waals surface area contributed by atoms with Crippen molar-refractivity contribution in [2.24, 2.45) is 0 Å². The molecule has 0 spiro atoms. The zero-order chi connectivity index (χ0) is 15.1. The van der Waals surface area contributed by atoms with Crippen LogP contribution in [-0.4, -0.2) is 30.1 Å². The van der Waals surface area contributed by atoms with Gasteiger partial charge in [-0.2, -0.15) is 0 Å². The summed E-state index contributed by atoms with van der Waals surface area (Å²) in [6, 6.07) is 6.14. The van der Waals surface area contributed by atoms with E-state index in [2.05, 4.69) is 5.32 Å². The number of nitrogens with zero attached hydrogens (tertiary/aromatic N) is 1. The SMILES string of the molecule is O=C(/C=C/c1cccc([N+](=O)[O-])c1)NCCC1CCCO1. The molecule has 0 saturated carbocycles. The Labute approximate surface area is 122 Å². The molecule has 1 aliphatic heterocycles. The predicted molar refractivity (Wildman–Crippen MR) is 78.7 cm³/mol. The average molecular weight is 290 g/mol. The molecule has 1 atom stereocenters. The highest BCUT2D eigenvalue weighted by Gasteiger charge is 2.14. The van der Waals surface area contributed by atoms with Gasteiger partial charge in [-0.15, -0.1) is 0 Å². The van der Waals surface area contributed by atoms with E-state index in [1.165, 1.54) is 18.2 Å². The highest BCUT2D eigenvalue weighted by atomic mass is 16.6. The zero-order valence-corrected chi connectivity index (χ0v) is 11.7. The summed E-state index contributed by atoms with van der Waals surface area (Å²) >= 11 is 0. The van der Waals surface area contributed by atoms with Crippen molar-refractivity contribution >= 4 is 17.7 Å². The molecule has 112 valence electrons. The van der Waals surface area contributed by atoms with Gasteiger partial charge < -0.3 is 10.1 Å². The molecular weight excluding hydrogens is 272 g/mol. The lowest BCUT2D eigenvalue weighted by molar-refractivity contribution is -0.384. The number of amides is 1. The summed E-state index contributed by atoms with van der Waals surface area (Å²) < 4.78 is 5.47. The Morgan fingerprint density at radius 1 is 1.52 bits per heavy atom. The largest absolute Gasteiger partial charge is 0.378 e. The van der Waals surface area contributed by atoms with Crippen LogP contribution in [0.15, 0.2) is 30.3 Å². The van der Waals surface area contributed by atoms with Gasteiger partial charge in [0.25, 0.3) is 5.69 Å². The van der Waals surface area contributed by atoms with Crippen molar-refractivity contribution in [1.82, 2.24) is 5.32 Å². The normalized spacial score (nSPS) is 18.0. The maximum absolute atomic E-state index is 11.6. The molecule has 1 saturated heterocycles. The maximum atomic E-state index is 11.6. The molecule has 1 amide bonds. The summed E-state index contributed by atoms with van der Waals surface area (Å²) in [6.07, 6.45) is 6.16. The highest BCUT2D eigenvalue weighted by Crippen LogP contribution is 2.15. The minimum atomic E-state index is -0.459. The Balaban J connectivity index is 1.78. The first-order chi connectivity index (χ1) is 10.1. The Morgan fingerprint density at radius 3 is 3.10 bits per heavy atom. The van der Waals surface area contributed by atoms with Gasteiger partial charge in [-0.25, -0.2) is 0 Å². The number of nitro groups is 1. The van der Waals surface area contributed by atoms with E-state index < -0.39 is 4.92 Å². The van der Waals surface area contributed by atoms with E-state index in [1.807, 2.05) is 0 Å². The molecule has 0 aromatic heterocycles. The Hall–Kier alpha value is -2.21. The summed E-state index contributed by atoms with van der Waals surface area (Å²) in [5.74, 6) is -0.209. The number of non-ortho nitro benzene ring substituents is 1. The first-order valence-electron chi connectivity index (χ1n) is 6.97. The molecule has 0 aliphatic carbocycles. The molecule has 21 heavy (non-hydrogen) atoms. The lowest BCUT2D eigenvalue weighted by Gasteiger charge is -2.08. The van der Waals surface area contributed by atoms with Crippen molar-refractivity contribution in [2.75, 3.05) is 13.2 Å². The third kappa shape index (κ3) is 5.00. The standard InChI is InChI=1S/C15H18N2O4/c18-15(16-9-8-14-5-2-10-21-14)7-6-12-3-1-4-13(11-12)17(19)20/h1,3-4,6-7,11,14H,2,5,8-10H2,(H,16,18)/b7-6+. The van der Waals surface area contributed by atoms with Crippen LogP contribution in [0.2, 0.25) is 0 Å². The molecule has 1 N–H and O–H groups in total. The van der Waals surface area contributed by atoms with E-state index in [-0.39, 0.29) is 17.7 Å². The van der Waals surface area contributed by atoms with Gasteiger partial charge in [0, 0.05) is 31.4 Å². The van der Waals surface area contributed by atoms with Crippen molar-refractivity contribution in [3.63, 3.8) is 0 Å². The quantitative estimate of drug-likeness (QED) is 0.495. The number of carbonyl (C=O) groups is 1. The first kappa shape index (κ1) is 15.2. The molecule has 1 heterocycles. The van der Waals surface area contributed by atoms with E-state index in [0.29, 0.717) is 12.1 Å². The summed E-state index contributed by atoms with van der Waals surface area (Å²) in [7, 11) is 0. The molecule has 1 aromatic rings. The topological polar surface area (TPSA) is 81.5 Å². The fourth-order valence-corrected chi connectivity index (χ4v) is 2.20. The van der Waals surface area contributed by atoms with Gasteiger partial charge in [-0.05, 0) is 30.9 Å². The van der Waals surface area contributed by atoms with Crippen LogP contribution in [0.3, 0.4) is 0 Å². The second-order valence-electron chi connectivity index (χ2n) is 4.90. The van der Waals surface area contributed by atoms with Gasteiger partial charge in [0.05, 0.1) is 11.0 Å². The molecule has 6 heteroatoms. The van der Waals surface area contributed by atoms with Gasteiger partial charge in [0.15, 0.2) is 0 Å². The van der Waals surface area contributed by atoms with E-state index in [1.54, 1.807) is 18.2 Å². The minimum Gasteiger partial charge on any atom is -0.378 e. The number of nitro benzene ring substituents is 1. The second kappa shape index (κ2) is 7.54. The van der Waals surface area contributed by atoms with Crippen LogP contribution in [0.4, 0.5) is 5.69 Å². The lowest BCUT2D eigenvalue weighted by atomic mass is 10.2. The lowest BCUT2D eigenvalue weighted by Crippen LogP contribution is -2.25. The fourth-order valence-electron chi connectivity index (χ4n) is 2.20. The van der Waals surface area contributed by atoms with Crippen molar-refractivity contribution in [1.29, 1.82) is 0 Å². The number of benzene rings is 1. The van der Waals surface area contributed by atoms with Gasteiger partial charge in [0.1, 0.15) is 0 Å². The van der Waals surface area contributed by atoms with Crippen LogP contribution in [0.25, 0.3) is 6.08 Å². The third-order valence-electron chi connectivity index (χ3n) is 3.30. The smallest absolute Gasteiger partial charge is 0.270 e. The summed E-state index contributed by atoms with van der Waals surface area (Å²) in [5, 5.41) is 13.4. The van der Waals surface area contributed by atoms with Crippen LogP contribution in [-0.2, 0) is 9.53 Å². The summed E-state index contributed by atoms with van der Waals surface area (Å²) in [4.78, 5) is 21.8. The van der Waals surface area contributed by atoms with E-state index in [9.17, 15) is 14.9 Å². The maximum Gasteiger partial charge on any atom is 0.270 e. The highest BCUT2D eigenvalue weighted by molar-refractivity contribution is 5.91. The molecule has 6 nitrogen and oxygen atoms in total. The molecule has 1 unspecified atom stereocenters. The van der Waals surface area contributed by atoms with Crippen LogP contribution in [0, 0.1) is 10.1 Å². The zero-order valence-electron chi connectivity index (χ0n) is 11.7.